The molecule has 4 rings (SSSR count). The van der Waals surface area contributed by atoms with E-state index >= 15 is 0 Å². The van der Waals surface area contributed by atoms with Crippen LogP contribution in [-0.2, 0) is 12.5 Å². The van der Waals surface area contributed by atoms with E-state index in [1.165, 1.54) is 22.8 Å². The lowest BCUT2D eigenvalue weighted by Crippen LogP contribution is -2.23. The van der Waals surface area contributed by atoms with Crippen molar-refractivity contribution in [1.82, 2.24) is 24.6 Å². The lowest BCUT2D eigenvalue weighted by Gasteiger charge is -2.13. The Morgan fingerprint density at radius 3 is 2.61 bits per heavy atom. The van der Waals surface area contributed by atoms with Gasteiger partial charge in [-0.2, -0.15) is 4.98 Å². The van der Waals surface area contributed by atoms with Gasteiger partial charge in [-0.15, -0.1) is 0 Å². The van der Waals surface area contributed by atoms with Crippen LogP contribution in [0.4, 0.5) is 26.7 Å². The third kappa shape index (κ3) is 5.97. The van der Waals surface area contributed by atoms with Gasteiger partial charge >= 0.3 is 6.03 Å². The number of rotatable bonds is 7. The number of nitrogens with zero attached hydrogens (tertiary/aromatic N) is 5. The van der Waals surface area contributed by atoms with Gasteiger partial charge in [0, 0.05) is 48.8 Å². The zero-order chi connectivity index (χ0) is 27.6. The first kappa shape index (κ1) is 26.7. The number of carbonyl (C=O) groups excluding carboxylic acids is 1. The highest BCUT2D eigenvalue weighted by molar-refractivity contribution is 5.99. The van der Waals surface area contributed by atoms with Crippen molar-refractivity contribution in [2.75, 3.05) is 43.1 Å². The Bertz CT molecular complexity index is 1540. The molecule has 0 aliphatic carbocycles. The number of urea groups is 1. The van der Waals surface area contributed by atoms with E-state index in [1.54, 1.807) is 25.4 Å². The topological polar surface area (TPSA) is 130 Å². The van der Waals surface area contributed by atoms with Crippen LogP contribution in [0, 0.1) is 5.82 Å². The van der Waals surface area contributed by atoms with Crippen LogP contribution < -0.4 is 21.5 Å². The number of amides is 2. The molecule has 0 bridgehead atoms. The Morgan fingerprint density at radius 1 is 1.16 bits per heavy atom. The average Bonchev–Trinajstić information content (AvgIpc) is 3.32. The monoisotopic (exact) mass is 522 g/mol. The summed E-state index contributed by atoms with van der Waals surface area (Å²) in [7, 11) is 5.55. The second-order valence-electron chi connectivity index (χ2n) is 10.2. The molecule has 0 spiro atoms. The van der Waals surface area contributed by atoms with Crippen LogP contribution in [0.5, 0.6) is 0 Å². The maximum absolute atomic E-state index is 14.6. The highest BCUT2D eigenvalue weighted by Gasteiger charge is 2.20. The predicted octanol–water partition coefficient (Wildman–Crippen LogP) is 4.04. The van der Waals surface area contributed by atoms with Crippen molar-refractivity contribution in [2.24, 2.45) is 7.05 Å². The summed E-state index contributed by atoms with van der Waals surface area (Å²) in [6.45, 7) is 7.33. The van der Waals surface area contributed by atoms with E-state index in [-0.39, 0.29) is 22.5 Å². The molecular formula is C26H31FN8O3. The van der Waals surface area contributed by atoms with Crippen molar-refractivity contribution in [3.8, 4) is 11.1 Å². The Kier molecular flexibility index (Phi) is 7.44. The minimum atomic E-state index is -0.716. The van der Waals surface area contributed by atoms with E-state index in [4.69, 9.17) is 4.52 Å². The number of anilines is 3. The molecule has 12 heteroatoms. The molecule has 3 aromatic heterocycles. The number of nitrogens with one attached hydrogen (secondary N) is 3. The van der Waals surface area contributed by atoms with Gasteiger partial charge in [-0.05, 0) is 37.9 Å². The molecule has 0 radical (unpaired) electrons. The summed E-state index contributed by atoms with van der Waals surface area (Å²) in [4.78, 5) is 36.6. The Balaban J connectivity index is 1.57. The number of hydrogen-bond acceptors (Lipinski definition) is 8. The summed E-state index contributed by atoms with van der Waals surface area (Å²) in [6.07, 6.45) is 1.63. The van der Waals surface area contributed by atoms with Gasteiger partial charge in [0.25, 0.3) is 5.56 Å². The maximum atomic E-state index is 14.6. The number of benzene rings is 1. The molecule has 200 valence electrons. The zero-order valence-corrected chi connectivity index (χ0v) is 22.2. The molecule has 38 heavy (non-hydrogen) atoms. The lowest BCUT2D eigenvalue weighted by molar-refractivity contribution is 0.261. The number of carbonyl (C=O) groups is 1. The van der Waals surface area contributed by atoms with Crippen LogP contribution in [0.3, 0.4) is 0 Å². The van der Waals surface area contributed by atoms with Crippen LogP contribution in [0.2, 0.25) is 0 Å². The van der Waals surface area contributed by atoms with E-state index in [9.17, 15) is 14.0 Å². The first-order valence-corrected chi connectivity index (χ1v) is 12.0. The van der Waals surface area contributed by atoms with Crippen molar-refractivity contribution in [3.63, 3.8) is 0 Å². The van der Waals surface area contributed by atoms with E-state index in [0.717, 1.165) is 6.54 Å². The highest BCUT2D eigenvalue weighted by Crippen LogP contribution is 2.26. The van der Waals surface area contributed by atoms with Crippen molar-refractivity contribution in [2.45, 2.75) is 26.2 Å². The Labute approximate surface area is 219 Å². The normalized spacial score (nSPS) is 11.7. The first-order valence-electron chi connectivity index (χ1n) is 12.0. The van der Waals surface area contributed by atoms with Crippen LogP contribution >= 0.6 is 0 Å². The summed E-state index contributed by atoms with van der Waals surface area (Å²) in [5, 5.41) is 12.7. The van der Waals surface area contributed by atoms with Crippen LogP contribution in [0.25, 0.3) is 22.2 Å². The van der Waals surface area contributed by atoms with E-state index in [2.05, 4.69) is 31.1 Å². The zero-order valence-electron chi connectivity index (χ0n) is 22.2. The largest absolute Gasteiger partial charge is 0.353 e. The summed E-state index contributed by atoms with van der Waals surface area (Å²) in [5.74, 6) is -0.114. The average molecular weight is 523 g/mol. The smallest absolute Gasteiger partial charge is 0.326 e. The van der Waals surface area contributed by atoms with Crippen LogP contribution in [0.1, 0.15) is 26.5 Å². The third-order valence-corrected chi connectivity index (χ3v) is 5.83. The standard InChI is InChI=1S/C26H31FN8O3/c1-26(2,3)20-13-21(38-33-20)31-25(37)30-19-12-15(7-8-18(19)27)17-11-16-14-29-24(28-9-10-34(4)5)32-22(16)35(6)23(17)36/h7-8,11-14H,9-10H2,1-6H3,(H,28,29,32)(H2,30,31,37). The molecule has 0 saturated carbocycles. The maximum Gasteiger partial charge on any atom is 0.326 e. The minimum absolute atomic E-state index is 0.102. The van der Waals surface area contributed by atoms with Crippen molar-refractivity contribution in [3.05, 3.63) is 58.4 Å². The molecule has 0 unspecified atom stereocenters. The van der Waals surface area contributed by atoms with E-state index < -0.39 is 11.8 Å². The van der Waals surface area contributed by atoms with Crippen molar-refractivity contribution < 1.29 is 13.7 Å². The van der Waals surface area contributed by atoms with Gasteiger partial charge in [0.15, 0.2) is 0 Å². The van der Waals surface area contributed by atoms with E-state index in [1.807, 2.05) is 39.8 Å². The fraction of sp³-hybridized carbons (Fsp3) is 0.346. The second-order valence-corrected chi connectivity index (χ2v) is 10.2. The SMILES string of the molecule is CN(C)CCNc1ncc2cc(-c3ccc(F)c(NC(=O)Nc4cc(C(C)(C)C)no4)c3)c(=O)n(C)c2n1. The number of aryl methyl sites for hydroxylation is 1. The molecule has 1 aromatic carbocycles. The van der Waals surface area contributed by atoms with Gasteiger partial charge in [0.2, 0.25) is 11.8 Å². The molecule has 0 atom stereocenters. The molecular weight excluding hydrogens is 491 g/mol. The Hall–Kier alpha value is -4.32. The second kappa shape index (κ2) is 10.6. The van der Waals surface area contributed by atoms with Gasteiger partial charge in [0.1, 0.15) is 11.5 Å². The van der Waals surface area contributed by atoms with Gasteiger partial charge in [-0.1, -0.05) is 32.0 Å². The van der Waals surface area contributed by atoms with Gasteiger partial charge < -0.3 is 20.1 Å². The van der Waals surface area contributed by atoms with Crippen molar-refractivity contribution >= 4 is 34.6 Å². The fourth-order valence-electron chi connectivity index (χ4n) is 3.67. The lowest BCUT2D eigenvalue weighted by atomic mass is 9.92. The first-order chi connectivity index (χ1) is 17.9. The summed E-state index contributed by atoms with van der Waals surface area (Å²) in [5.41, 5.74) is 1.17. The summed E-state index contributed by atoms with van der Waals surface area (Å²) in [6, 6.07) is 6.61. The highest BCUT2D eigenvalue weighted by atomic mass is 19.1. The molecule has 2 amide bonds. The molecule has 4 aromatic rings. The molecule has 0 aliphatic heterocycles. The molecule has 3 N–H and O–H groups in total. The molecule has 11 nitrogen and oxygen atoms in total. The van der Waals surface area contributed by atoms with Crippen LogP contribution in [-0.4, -0.2) is 57.8 Å². The summed E-state index contributed by atoms with van der Waals surface area (Å²) >= 11 is 0. The molecule has 0 aliphatic rings. The van der Waals surface area contributed by atoms with Crippen molar-refractivity contribution in [1.29, 1.82) is 0 Å². The third-order valence-electron chi connectivity index (χ3n) is 5.83. The number of fused-ring (bicyclic) bond motifs is 1. The van der Waals surface area contributed by atoms with Crippen LogP contribution in [0.15, 0.2) is 45.8 Å². The molecule has 3 heterocycles. The Morgan fingerprint density at radius 2 is 1.92 bits per heavy atom. The number of hydrogen-bond donors (Lipinski definition) is 3. The number of likely N-dealkylation sites (N-methyl/N-ethyl adjacent to an activating group) is 1. The fourth-order valence-corrected chi connectivity index (χ4v) is 3.67. The van der Waals surface area contributed by atoms with Gasteiger partial charge in [-0.25, -0.2) is 14.2 Å². The van der Waals surface area contributed by atoms with E-state index in [0.29, 0.717) is 40.3 Å². The molecule has 0 saturated heterocycles. The minimum Gasteiger partial charge on any atom is -0.353 e. The quantitative estimate of drug-likeness (QED) is 0.332. The number of pyridine rings is 1. The predicted molar refractivity (Wildman–Crippen MR) is 145 cm³/mol. The van der Waals surface area contributed by atoms with Gasteiger partial charge in [0.05, 0.1) is 11.4 Å². The number of halogens is 1. The summed E-state index contributed by atoms with van der Waals surface area (Å²) < 4.78 is 21.2. The van der Waals surface area contributed by atoms with Gasteiger partial charge in [-0.3, -0.25) is 14.7 Å². The molecule has 0 fully saturated rings. The number of aromatic nitrogens is 4.